The average Bonchev–Trinajstić information content (AvgIpc) is 2.56. The zero-order valence-electron chi connectivity index (χ0n) is 13.5. The first kappa shape index (κ1) is 17.5. The van der Waals surface area contributed by atoms with Gasteiger partial charge in [0.2, 0.25) is 17.7 Å². The zero-order valence-corrected chi connectivity index (χ0v) is 13.5. The van der Waals surface area contributed by atoms with Crippen LogP contribution in [0.25, 0.3) is 10.8 Å². The summed E-state index contributed by atoms with van der Waals surface area (Å²) in [5.74, 6) is -3.35. The number of benzene rings is 2. The van der Waals surface area contributed by atoms with Crippen LogP contribution in [-0.2, 0) is 20.9 Å². The predicted octanol–water partition coefficient (Wildman–Crippen LogP) is 1.07. The average molecular weight is 327 g/mol. The van der Waals surface area contributed by atoms with E-state index in [1.165, 1.54) is 0 Å². The smallest absolute Gasteiger partial charge is 0.223 e. The summed E-state index contributed by atoms with van der Waals surface area (Å²) in [7, 11) is 0. The van der Waals surface area contributed by atoms with E-state index in [0.29, 0.717) is 6.54 Å². The molecule has 2 aromatic carbocycles. The van der Waals surface area contributed by atoms with Gasteiger partial charge < -0.3 is 16.8 Å². The number of nitrogens with one attached hydrogen (secondary N) is 1. The normalized spacial score (nSPS) is 13.2. The van der Waals surface area contributed by atoms with Crippen molar-refractivity contribution in [2.45, 2.75) is 19.9 Å². The molecular formula is C18H21N3O3. The Bertz CT molecular complexity index is 768. The Morgan fingerprint density at radius 2 is 1.71 bits per heavy atom. The van der Waals surface area contributed by atoms with Crippen molar-refractivity contribution in [1.29, 1.82) is 0 Å². The second-order valence-corrected chi connectivity index (χ2v) is 5.82. The number of carbonyl (C=O) groups is 3. The van der Waals surface area contributed by atoms with Crippen molar-refractivity contribution in [2.75, 3.05) is 0 Å². The predicted molar refractivity (Wildman–Crippen MR) is 91.5 cm³/mol. The Morgan fingerprint density at radius 1 is 1.04 bits per heavy atom. The molecule has 5 N–H and O–H groups in total. The minimum atomic E-state index is -0.907. The molecule has 126 valence electrons. The molecule has 0 aromatic heterocycles. The Morgan fingerprint density at radius 3 is 2.38 bits per heavy atom. The van der Waals surface area contributed by atoms with Gasteiger partial charge in [-0.1, -0.05) is 49.4 Å². The van der Waals surface area contributed by atoms with Crippen LogP contribution in [0.4, 0.5) is 0 Å². The Kier molecular flexibility index (Phi) is 5.52. The minimum Gasteiger partial charge on any atom is -0.370 e. The minimum absolute atomic E-state index is 0.238. The molecule has 6 nitrogen and oxygen atoms in total. The molecule has 1 unspecified atom stereocenters. The van der Waals surface area contributed by atoms with E-state index in [4.69, 9.17) is 11.5 Å². The van der Waals surface area contributed by atoms with Gasteiger partial charge in [0, 0.05) is 18.9 Å². The molecule has 0 heterocycles. The number of rotatable bonds is 7. The summed E-state index contributed by atoms with van der Waals surface area (Å²) >= 11 is 0. The molecule has 6 heteroatoms. The summed E-state index contributed by atoms with van der Waals surface area (Å²) in [6.07, 6.45) is -0.238. The van der Waals surface area contributed by atoms with Crippen LogP contribution >= 0.6 is 0 Å². The standard InChI is InChI=1S/C18H21N3O3/c1-11(15(17(20)23)9-16(19)22)18(24)21-10-13-7-4-6-12-5-2-3-8-14(12)13/h2-8,11,15H,9-10H2,1H3,(H2,19,22)(H2,20,23)(H,21,24)/t11-,15?/m0/s1. The van der Waals surface area contributed by atoms with E-state index in [-0.39, 0.29) is 12.3 Å². The highest BCUT2D eigenvalue weighted by Gasteiger charge is 2.29. The molecule has 24 heavy (non-hydrogen) atoms. The Hall–Kier alpha value is -2.89. The van der Waals surface area contributed by atoms with Gasteiger partial charge in [0.15, 0.2) is 0 Å². The van der Waals surface area contributed by atoms with Gasteiger partial charge >= 0.3 is 0 Å². The fourth-order valence-corrected chi connectivity index (χ4v) is 2.71. The van der Waals surface area contributed by atoms with E-state index < -0.39 is 23.7 Å². The SMILES string of the molecule is C[C@H](C(=O)NCc1cccc2ccccc12)C(CC(N)=O)C(N)=O. The van der Waals surface area contributed by atoms with Crippen LogP contribution in [0.1, 0.15) is 18.9 Å². The molecule has 0 bridgehead atoms. The highest BCUT2D eigenvalue weighted by atomic mass is 16.2. The molecule has 0 aliphatic heterocycles. The number of fused-ring (bicyclic) bond motifs is 1. The third kappa shape index (κ3) is 4.10. The first-order valence-electron chi connectivity index (χ1n) is 7.72. The van der Waals surface area contributed by atoms with Crippen molar-refractivity contribution in [2.24, 2.45) is 23.3 Å². The lowest BCUT2D eigenvalue weighted by atomic mass is 9.89. The quantitative estimate of drug-likeness (QED) is 0.706. The van der Waals surface area contributed by atoms with E-state index in [9.17, 15) is 14.4 Å². The van der Waals surface area contributed by atoms with Crippen LogP contribution in [0.3, 0.4) is 0 Å². The number of amides is 3. The van der Waals surface area contributed by atoms with Crippen molar-refractivity contribution < 1.29 is 14.4 Å². The van der Waals surface area contributed by atoms with E-state index in [0.717, 1.165) is 16.3 Å². The molecule has 0 radical (unpaired) electrons. The van der Waals surface area contributed by atoms with Gasteiger partial charge in [-0.15, -0.1) is 0 Å². The van der Waals surface area contributed by atoms with Crippen LogP contribution < -0.4 is 16.8 Å². The van der Waals surface area contributed by atoms with E-state index in [1.54, 1.807) is 6.92 Å². The maximum absolute atomic E-state index is 12.3. The fraction of sp³-hybridized carbons (Fsp3) is 0.278. The van der Waals surface area contributed by atoms with Crippen LogP contribution in [0, 0.1) is 11.8 Å². The van der Waals surface area contributed by atoms with Crippen molar-refractivity contribution >= 4 is 28.5 Å². The summed E-state index contributed by atoms with van der Waals surface area (Å²) in [4.78, 5) is 34.8. The van der Waals surface area contributed by atoms with Gasteiger partial charge in [-0.2, -0.15) is 0 Å². The van der Waals surface area contributed by atoms with Crippen molar-refractivity contribution in [3.05, 3.63) is 48.0 Å². The largest absolute Gasteiger partial charge is 0.370 e. The molecule has 0 aliphatic rings. The maximum Gasteiger partial charge on any atom is 0.223 e. The van der Waals surface area contributed by atoms with Gasteiger partial charge in [-0.3, -0.25) is 14.4 Å². The monoisotopic (exact) mass is 327 g/mol. The van der Waals surface area contributed by atoms with Crippen LogP contribution in [0.15, 0.2) is 42.5 Å². The third-order valence-electron chi connectivity index (χ3n) is 4.14. The lowest BCUT2D eigenvalue weighted by molar-refractivity contribution is -0.134. The first-order valence-corrected chi connectivity index (χ1v) is 7.72. The third-order valence-corrected chi connectivity index (χ3v) is 4.14. The summed E-state index contributed by atoms with van der Waals surface area (Å²) in [5.41, 5.74) is 11.4. The lowest BCUT2D eigenvalue weighted by Crippen LogP contribution is -2.40. The number of primary amides is 2. The van der Waals surface area contributed by atoms with Gasteiger partial charge in [-0.05, 0) is 16.3 Å². The summed E-state index contributed by atoms with van der Waals surface area (Å²) in [6, 6.07) is 13.7. The fourth-order valence-electron chi connectivity index (χ4n) is 2.71. The molecule has 0 aliphatic carbocycles. The van der Waals surface area contributed by atoms with Crippen molar-refractivity contribution in [1.82, 2.24) is 5.32 Å². The topological polar surface area (TPSA) is 115 Å². The van der Waals surface area contributed by atoms with Crippen LogP contribution in [0.5, 0.6) is 0 Å². The molecule has 0 saturated carbocycles. The number of carbonyl (C=O) groups excluding carboxylic acids is 3. The second kappa shape index (κ2) is 7.59. The number of hydrogen-bond acceptors (Lipinski definition) is 3. The summed E-state index contributed by atoms with van der Waals surface area (Å²) in [5, 5.41) is 4.94. The maximum atomic E-state index is 12.3. The molecule has 0 spiro atoms. The number of hydrogen-bond donors (Lipinski definition) is 3. The highest BCUT2D eigenvalue weighted by molar-refractivity contribution is 5.90. The Labute approximate surface area is 140 Å². The molecule has 0 fully saturated rings. The molecule has 2 rings (SSSR count). The molecular weight excluding hydrogens is 306 g/mol. The Balaban J connectivity index is 2.08. The van der Waals surface area contributed by atoms with E-state index in [2.05, 4.69) is 5.32 Å². The summed E-state index contributed by atoms with van der Waals surface area (Å²) < 4.78 is 0. The first-order chi connectivity index (χ1) is 11.4. The van der Waals surface area contributed by atoms with Crippen LogP contribution in [0.2, 0.25) is 0 Å². The van der Waals surface area contributed by atoms with Gasteiger partial charge in [0.25, 0.3) is 0 Å². The molecule has 3 amide bonds. The number of nitrogens with two attached hydrogens (primary N) is 2. The van der Waals surface area contributed by atoms with E-state index in [1.807, 2.05) is 42.5 Å². The van der Waals surface area contributed by atoms with E-state index >= 15 is 0 Å². The zero-order chi connectivity index (χ0) is 17.7. The highest BCUT2D eigenvalue weighted by Crippen LogP contribution is 2.19. The van der Waals surface area contributed by atoms with Crippen molar-refractivity contribution in [3.8, 4) is 0 Å². The summed E-state index contributed by atoms with van der Waals surface area (Å²) in [6.45, 7) is 1.89. The molecule has 2 aromatic rings. The molecule has 2 atom stereocenters. The second-order valence-electron chi connectivity index (χ2n) is 5.82. The van der Waals surface area contributed by atoms with Gasteiger partial charge in [0.05, 0.1) is 5.92 Å². The van der Waals surface area contributed by atoms with Gasteiger partial charge in [-0.25, -0.2) is 0 Å². The lowest BCUT2D eigenvalue weighted by Gasteiger charge is -2.19. The van der Waals surface area contributed by atoms with Crippen molar-refractivity contribution in [3.63, 3.8) is 0 Å². The van der Waals surface area contributed by atoms with Gasteiger partial charge in [0.1, 0.15) is 0 Å². The molecule has 0 saturated heterocycles. The van der Waals surface area contributed by atoms with Crippen LogP contribution in [-0.4, -0.2) is 17.7 Å².